The molecule has 1 fully saturated rings. The molecule has 1 saturated heterocycles. The van der Waals surface area contributed by atoms with Gasteiger partial charge in [-0.3, -0.25) is 10.1 Å². The summed E-state index contributed by atoms with van der Waals surface area (Å²) in [4.78, 5) is 34.7. The average Bonchev–Trinajstić information content (AvgIpc) is 2.67. The number of hydrogen-bond donors (Lipinski definition) is 2. The van der Waals surface area contributed by atoms with E-state index in [1.165, 1.54) is 28.6 Å². The molecule has 0 saturated carbocycles. The van der Waals surface area contributed by atoms with Gasteiger partial charge in [0.15, 0.2) is 6.61 Å². The number of esters is 1. The highest BCUT2D eigenvalue weighted by Gasteiger charge is 2.26. The zero-order valence-electron chi connectivity index (χ0n) is 15.1. The number of hydrogen-bond acceptors (Lipinski definition) is 6. The molecule has 0 bridgehead atoms. The maximum Gasteiger partial charge on any atom is 0.338 e. The van der Waals surface area contributed by atoms with Crippen molar-refractivity contribution >= 4 is 27.9 Å². The molecule has 27 heavy (non-hydrogen) atoms. The molecule has 1 aromatic rings. The number of benzene rings is 1. The van der Waals surface area contributed by atoms with Crippen LogP contribution in [0.25, 0.3) is 0 Å². The number of nitrogens with one attached hydrogen (secondary N) is 2. The van der Waals surface area contributed by atoms with Crippen molar-refractivity contribution < 1.29 is 27.5 Å². The lowest BCUT2D eigenvalue weighted by atomic mass is 10.2. The van der Waals surface area contributed by atoms with E-state index in [0.717, 1.165) is 19.3 Å². The lowest BCUT2D eigenvalue weighted by Gasteiger charge is -2.25. The number of amides is 3. The van der Waals surface area contributed by atoms with Crippen molar-refractivity contribution in [2.75, 3.05) is 26.2 Å². The summed E-state index contributed by atoms with van der Waals surface area (Å²) in [6.07, 6.45) is 2.69. The molecule has 0 aliphatic carbocycles. The maximum absolute atomic E-state index is 12.6. The molecule has 0 radical (unpaired) electrons. The number of rotatable bonds is 6. The van der Waals surface area contributed by atoms with E-state index in [0.29, 0.717) is 19.6 Å². The Balaban J connectivity index is 1.93. The summed E-state index contributed by atoms with van der Waals surface area (Å²) in [6, 6.07) is 4.68. The molecule has 2 rings (SSSR count). The summed E-state index contributed by atoms with van der Waals surface area (Å²) >= 11 is 0. The lowest BCUT2D eigenvalue weighted by Crippen LogP contribution is -2.41. The van der Waals surface area contributed by atoms with Gasteiger partial charge in [0, 0.05) is 19.6 Å². The molecule has 2 N–H and O–H groups in total. The molecule has 3 amide bonds. The zero-order chi connectivity index (χ0) is 19.9. The molecule has 1 aliphatic heterocycles. The number of imide groups is 1. The van der Waals surface area contributed by atoms with Gasteiger partial charge in [-0.05, 0) is 44.0 Å². The maximum atomic E-state index is 12.6. The highest BCUT2D eigenvalue weighted by molar-refractivity contribution is 7.89. The van der Waals surface area contributed by atoms with Crippen molar-refractivity contribution in [3.63, 3.8) is 0 Å². The fraction of sp³-hybridized carbons (Fsp3) is 0.471. The minimum Gasteiger partial charge on any atom is -0.452 e. The molecule has 1 heterocycles. The normalized spacial score (nSPS) is 15.0. The van der Waals surface area contributed by atoms with Crippen LogP contribution in [0.1, 0.15) is 36.5 Å². The van der Waals surface area contributed by atoms with Crippen molar-refractivity contribution in [1.29, 1.82) is 0 Å². The van der Waals surface area contributed by atoms with Crippen molar-refractivity contribution in [3.8, 4) is 0 Å². The molecule has 1 aromatic carbocycles. The number of urea groups is 1. The molecule has 0 unspecified atom stereocenters. The van der Waals surface area contributed by atoms with Gasteiger partial charge >= 0.3 is 12.0 Å². The Hall–Kier alpha value is -2.46. The van der Waals surface area contributed by atoms with Crippen molar-refractivity contribution in [1.82, 2.24) is 14.9 Å². The second kappa shape index (κ2) is 9.47. The number of sulfonamides is 1. The summed E-state index contributed by atoms with van der Waals surface area (Å²) in [5, 5.41) is 4.37. The second-order valence-electron chi connectivity index (χ2n) is 5.97. The fourth-order valence-electron chi connectivity index (χ4n) is 2.60. The van der Waals surface area contributed by atoms with Gasteiger partial charge in [0.25, 0.3) is 5.91 Å². The van der Waals surface area contributed by atoms with Crippen LogP contribution in [0, 0.1) is 0 Å². The van der Waals surface area contributed by atoms with Gasteiger partial charge in [0.05, 0.1) is 10.5 Å². The number of carbonyl (C=O) groups is 3. The minimum absolute atomic E-state index is 0.106. The number of nitrogens with zero attached hydrogens (tertiary/aromatic N) is 1. The van der Waals surface area contributed by atoms with Crippen LogP contribution in [-0.4, -0.2) is 56.9 Å². The molecule has 0 aromatic heterocycles. The average molecular weight is 397 g/mol. The van der Waals surface area contributed by atoms with Gasteiger partial charge in [-0.1, -0.05) is 6.42 Å². The van der Waals surface area contributed by atoms with Crippen LogP contribution in [0.2, 0.25) is 0 Å². The number of ether oxygens (including phenoxy) is 1. The van der Waals surface area contributed by atoms with Crippen LogP contribution in [-0.2, 0) is 19.6 Å². The van der Waals surface area contributed by atoms with E-state index in [9.17, 15) is 22.8 Å². The standard InChI is InChI=1S/C17H23N3O6S/c1-2-18-17(23)19-15(21)12-26-16(22)13-6-8-14(9-7-13)27(24,25)20-10-4-3-5-11-20/h6-9H,2-5,10-12H2,1H3,(H2,18,19,21,23). The molecule has 9 nitrogen and oxygen atoms in total. The molecule has 10 heteroatoms. The summed E-state index contributed by atoms with van der Waals surface area (Å²) in [6.45, 7) is 2.41. The van der Waals surface area contributed by atoms with Gasteiger partial charge in [0.1, 0.15) is 0 Å². The highest BCUT2D eigenvalue weighted by Crippen LogP contribution is 2.21. The van der Waals surface area contributed by atoms with Crippen molar-refractivity contribution in [2.45, 2.75) is 31.1 Å². The van der Waals surface area contributed by atoms with Crippen molar-refractivity contribution in [3.05, 3.63) is 29.8 Å². The van der Waals surface area contributed by atoms with E-state index in [4.69, 9.17) is 4.74 Å². The predicted octanol–water partition coefficient (Wildman–Crippen LogP) is 0.864. The Morgan fingerprint density at radius 2 is 1.70 bits per heavy atom. The van der Waals surface area contributed by atoms with Gasteiger partial charge in [-0.2, -0.15) is 4.31 Å². The first-order chi connectivity index (χ1) is 12.8. The fourth-order valence-corrected chi connectivity index (χ4v) is 4.12. The lowest BCUT2D eigenvalue weighted by molar-refractivity contribution is -0.123. The Bertz CT molecular complexity index is 785. The smallest absolute Gasteiger partial charge is 0.338 e. The van der Waals surface area contributed by atoms with Gasteiger partial charge < -0.3 is 10.1 Å². The Morgan fingerprint density at radius 3 is 2.30 bits per heavy atom. The SMILES string of the molecule is CCNC(=O)NC(=O)COC(=O)c1ccc(S(=O)(=O)N2CCCCC2)cc1. The first-order valence-corrected chi connectivity index (χ1v) is 10.1. The largest absolute Gasteiger partial charge is 0.452 e. The quantitative estimate of drug-likeness (QED) is 0.687. The Labute approximate surface area is 158 Å². The van der Waals surface area contributed by atoms with Crippen LogP contribution >= 0.6 is 0 Å². The summed E-state index contributed by atoms with van der Waals surface area (Å²) in [5.41, 5.74) is 0.110. The summed E-state index contributed by atoms with van der Waals surface area (Å²) in [7, 11) is -3.58. The van der Waals surface area contributed by atoms with Crippen LogP contribution in [0.15, 0.2) is 29.2 Å². The second-order valence-corrected chi connectivity index (χ2v) is 7.91. The topological polar surface area (TPSA) is 122 Å². The summed E-state index contributed by atoms with van der Waals surface area (Å²) in [5.74, 6) is -1.55. The first kappa shape index (κ1) is 20.8. The highest BCUT2D eigenvalue weighted by atomic mass is 32.2. The summed E-state index contributed by atoms with van der Waals surface area (Å²) < 4.78 is 31.4. The molecular weight excluding hydrogens is 374 g/mol. The van der Waals surface area contributed by atoms with Crippen LogP contribution < -0.4 is 10.6 Å². The predicted molar refractivity (Wildman–Crippen MR) is 96.5 cm³/mol. The molecule has 1 aliphatic rings. The molecule has 0 spiro atoms. The third-order valence-electron chi connectivity index (χ3n) is 3.97. The van der Waals surface area contributed by atoms with Crippen LogP contribution in [0.5, 0.6) is 0 Å². The van der Waals surface area contributed by atoms with Crippen molar-refractivity contribution in [2.24, 2.45) is 0 Å². The van der Waals surface area contributed by atoms with Gasteiger partial charge in [-0.15, -0.1) is 0 Å². The minimum atomic E-state index is -3.58. The molecule has 148 valence electrons. The van der Waals surface area contributed by atoms with E-state index < -0.39 is 34.5 Å². The Kier molecular flexibility index (Phi) is 7.31. The van der Waals surface area contributed by atoms with E-state index in [1.54, 1.807) is 6.92 Å². The van der Waals surface area contributed by atoms with Gasteiger partial charge in [0.2, 0.25) is 10.0 Å². The van der Waals surface area contributed by atoms with E-state index in [1.807, 2.05) is 5.32 Å². The van der Waals surface area contributed by atoms with Crippen LogP contribution in [0.4, 0.5) is 4.79 Å². The van der Waals surface area contributed by atoms with E-state index in [2.05, 4.69) is 5.32 Å². The number of carbonyl (C=O) groups excluding carboxylic acids is 3. The molecule has 0 atom stereocenters. The third kappa shape index (κ3) is 5.76. The van der Waals surface area contributed by atoms with E-state index in [-0.39, 0.29) is 10.5 Å². The molecular formula is C17H23N3O6S. The van der Waals surface area contributed by atoms with E-state index >= 15 is 0 Å². The van der Waals surface area contributed by atoms with Crippen LogP contribution in [0.3, 0.4) is 0 Å². The Morgan fingerprint density at radius 1 is 1.07 bits per heavy atom. The monoisotopic (exact) mass is 397 g/mol. The zero-order valence-corrected chi connectivity index (χ0v) is 15.9. The van der Waals surface area contributed by atoms with Gasteiger partial charge in [-0.25, -0.2) is 18.0 Å². The first-order valence-electron chi connectivity index (χ1n) is 8.69. The third-order valence-corrected chi connectivity index (χ3v) is 5.88. The number of piperidine rings is 1.